The quantitative estimate of drug-likeness (QED) is 0.843. The first kappa shape index (κ1) is 17.7. The van der Waals surface area contributed by atoms with Gasteiger partial charge in [-0.2, -0.15) is 13.2 Å². The second-order valence-corrected chi connectivity index (χ2v) is 6.01. The number of carbonyl (C=O) groups excluding carboxylic acids is 1. The first-order valence-corrected chi connectivity index (χ1v) is 7.68. The van der Waals surface area contributed by atoms with Crippen molar-refractivity contribution in [1.29, 1.82) is 0 Å². The van der Waals surface area contributed by atoms with Crippen LogP contribution in [0, 0.1) is 5.92 Å². The van der Waals surface area contributed by atoms with Crippen LogP contribution in [0.3, 0.4) is 0 Å². The zero-order valence-electron chi connectivity index (χ0n) is 13.1. The van der Waals surface area contributed by atoms with E-state index in [1.807, 2.05) is 24.3 Å². The van der Waals surface area contributed by atoms with Crippen molar-refractivity contribution in [2.75, 3.05) is 31.5 Å². The Morgan fingerprint density at radius 3 is 2.61 bits per heavy atom. The maximum Gasteiger partial charge on any atom is 0.401 e. The Morgan fingerprint density at radius 1 is 1.30 bits per heavy atom. The Morgan fingerprint density at radius 2 is 2.00 bits per heavy atom. The molecule has 0 radical (unpaired) electrons. The van der Waals surface area contributed by atoms with Crippen molar-refractivity contribution in [2.45, 2.75) is 26.1 Å². The minimum Gasteiger partial charge on any atom is -0.326 e. The highest BCUT2D eigenvalue weighted by Crippen LogP contribution is 2.22. The van der Waals surface area contributed by atoms with Crippen molar-refractivity contribution < 1.29 is 18.0 Å². The number of halogens is 3. The fourth-order valence-corrected chi connectivity index (χ4v) is 2.81. The van der Waals surface area contributed by atoms with E-state index in [4.69, 9.17) is 0 Å². The Labute approximate surface area is 134 Å². The maximum atomic E-state index is 12.3. The van der Waals surface area contributed by atoms with E-state index in [-0.39, 0.29) is 11.8 Å². The molecule has 0 saturated carbocycles. The van der Waals surface area contributed by atoms with Crippen molar-refractivity contribution in [3.8, 4) is 0 Å². The summed E-state index contributed by atoms with van der Waals surface area (Å²) in [7, 11) is 0. The van der Waals surface area contributed by atoms with Crippen LogP contribution in [0.25, 0.3) is 0 Å². The van der Waals surface area contributed by atoms with E-state index < -0.39 is 12.7 Å². The minimum atomic E-state index is -4.11. The number of hydrogen-bond donors (Lipinski definition) is 2. The largest absolute Gasteiger partial charge is 0.401 e. The van der Waals surface area contributed by atoms with Gasteiger partial charge in [-0.1, -0.05) is 12.1 Å². The number of likely N-dealkylation sites (tertiary alicyclic amines) is 1. The van der Waals surface area contributed by atoms with Gasteiger partial charge >= 0.3 is 6.18 Å². The van der Waals surface area contributed by atoms with E-state index in [0.29, 0.717) is 26.2 Å². The molecule has 1 aliphatic heterocycles. The molecule has 4 nitrogen and oxygen atoms in total. The summed E-state index contributed by atoms with van der Waals surface area (Å²) in [6.07, 6.45) is -3.32. The number of amides is 1. The number of nitrogens with zero attached hydrogens (tertiary/aromatic N) is 1. The van der Waals surface area contributed by atoms with Crippen LogP contribution in [0.1, 0.15) is 18.9 Å². The highest BCUT2D eigenvalue weighted by Gasteiger charge is 2.34. The van der Waals surface area contributed by atoms with Gasteiger partial charge in [-0.15, -0.1) is 0 Å². The molecule has 0 aliphatic carbocycles. The summed E-state index contributed by atoms with van der Waals surface area (Å²) in [6, 6.07) is 7.50. The Hall–Kier alpha value is -1.60. The molecule has 2 N–H and O–H groups in total. The highest BCUT2D eigenvalue weighted by molar-refractivity contribution is 5.88. The van der Waals surface area contributed by atoms with Crippen molar-refractivity contribution in [1.82, 2.24) is 10.2 Å². The molecule has 1 aliphatic rings. The molecule has 0 bridgehead atoms. The minimum absolute atomic E-state index is 0.111. The van der Waals surface area contributed by atoms with Crippen molar-refractivity contribution >= 4 is 11.6 Å². The molecule has 1 saturated heterocycles. The number of carbonyl (C=O) groups is 1. The van der Waals surface area contributed by atoms with Crippen molar-refractivity contribution in [3.05, 3.63) is 29.8 Å². The number of rotatable bonds is 6. The van der Waals surface area contributed by atoms with E-state index in [1.54, 1.807) is 0 Å². The van der Waals surface area contributed by atoms with Crippen LogP contribution in [0.2, 0.25) is 0 Å². The predicted octanol–water partition coefficient (Wildman–Crippen LogP) is 2.62. The zero-order chi connectivity index (χ0) is 16.9. The van der Waals surface area contributed by atoms with Gasteiger partial charge in [0.05, 0.1) is 6.54 Å². The molecule has 1 heterocycles. The second-order valence-electron chi connectivity index (χ2n) is 6.01. The Balaban J connectivity index is 1.68. The summed E-state index contributed by atoms with van der Waals surface area (Å²) in [5.41, 5.74) is 1.82. The van der Waals surface area contributed by atoms with Gasteiger partial charge in [-0.3, -0.25) is 9.69 Å². The summed E-state index contributed by atoms with van der Waals surface area (Å²) in [5.74, 6) is 0.150. The van der Waals surface area contributed by atoms with Crippen LogP contribution < -0.4 is 10.6 Å². The van der Waals surface area contributed by atoms with Crippen LogP contribution in [-0.2, 0) is 11.3 Å². The van der Waals surface area contributed by atoms with E-state index in [9.17, 15) is 18.0 Å². The van der Waals surface area contributed by atoms with Gasteiger partial charge in [0.1, 0.15) is 0 Å². The standard InChI is InChI=1S/C16H22F3N3O/c1-12(23)21-15-4-2-13(3-5-15)8-20-9-14-6-7-22(10-14)11-16(17,18)19/h2-5,14,20H,6-11H2,1H3,(H,21,23). The average Bonchev–Trinajstić information content (AvgIpc) is 2.85. The second kappa shape index (κ2) is 7.79. The third kappa shape index (κ3) is 6.58. The van der Waals surface area contributed by atoms with Crippen LogP contribution >= 0.6 is 0 Å². The number of benzene rings is 1. The van der Waals surface area contributed by atoms with Gasteiger partial charge < -0.3 is 10.6 Å². The summed E-state index contributed by atoms with van der Waals surface area (Å²) in [6.45, 7) is 3.02. The summed E-state index contributed by atoms with van der Waals surface area (Å²) < 4.78 is 37.0. The number of nitrogens with one attached hydrogen (secondary N) is 2. The Bertz CT molecular complexity index is 516. The lowest BCUT2D eigenvalue weighted by Gasteiger charge is -2.18. The molecule has 23 heavy (non-hydrogen) atoms. The van der Waals surface area contributed by atoms with Crippen molar-refractivity contribution in [3.63, 3.8) is 0 Å². The van der Waals surface area contributed by atoms with E-state index in [2.05, 4.69) is 10.6 Å². The zero-order valence-corrected chi connectivity index (χ0v) is 13.1. The van der Waals surface area contributed by atoms with Crippen LogP contribution in [0.5, 0.6) is 0 Å². The van der Waals surface area contributed by atoms with Gasteiger partial charge in [0.25, 0.3) is 0 Å². The highest BCUT2D eigenvalue weighted by atomic mass is 19.4. The molecule has 1 aromatic rings. The molecule has 0 aromatic heterocycles. The lowest BCUT2D eigenvalue weighted by Crippen LogP contribution is -2.33. The molecule has 2 rings (SSSR count). The van der Waals surface area contributed by atoms with Gasteiger partial charge in [0.15, 0.2) is 0 Å². The van der Waals surface area contributed by atoms with Gasteiger partial charge in [-0.05, 0) is 43.1 Å². The van der Waals surface area contributed by atoms with E-state index in [0.717, 1.165) is 17.7 Å². The lowest BCUT2D eigenvalue weighted by molar-refractivity contribution is -0.143. The monoisotopic (exact) mass is 329 g/mol. The topological polar surface area (TPSA) is 44.4 Å². The number of anilines is 1. The van der Waals surface area contributed by atoms with E-state index >= 15 is 0 Å². The van der Waals surface area contributed by atoms with Crippen molar-refractivity contribution in [2.24, 2.45) is 5.92 Å². The number of hydrogen-bond acceptors (Lipinski definition) is 3. The van der Waals surface area contributed by atoms with Crippen LogP contribution in [-0.4, -0.2) is 43.2 Å². The van der Waals surface area contributed by atoms with E-state index in [1.165, 1.54) is 11.8 Å². The smallest absolute Gasteiger partial charge is 0.326 e. The van der Waals surface area contributed by atoms with Crippen LogP contribution in [0.4, 0.5) is 18.9 Å². The Kier molecular flexibility index (Phi) is 6.01. The normalized spacial score (nSPS) is 19.0. The fraction of sp³-hybridized carbons (Fsp3) is 0.562. The molecule has 1 amide bonds. The lowest BCUT2D eigenvalue weighted by atomic mass is 10.1. The maximum absolute atomic E-state index is 12.3. The summed E-state index contributed by atoms with van der Waals surface area (Å²) in [5, 5.41) is 5.99. The third-order valence-electron chi connectivity index (χ3n) is 3.81. The molecule has 1 atom stereocenters. The molecule has 1 unspecified atom stereocenters. The predicted molar refractivity (Wildman–Crippen MR) is 83.1 cm³/mol. The van der Waals surface area contributed by atoms with Gasteiger partial charge in [0, 0.05) is 25.7 Å². The van der Waals surface area contributed by atoms with Gasteiger partial charge in [-0.25, -0.2) is 0 Å². The fourth-order valence-electron chi connectivity index (χ4n) is 2.81. The molecular formula is C16H22F3N3O. The molecule has 0 spiro atoms. The SMILES string of the molecule is CC(=O)Nc1ccc(CNCC2CCN(CC(F)(F)F)C2)cc1. The molecule has 7 heteroatoms. The molecule has 1 aromatic carbocycles. The van der Waals surface area contributed by atoms with Gasteiger partial charge in [0.2, 0.25) is 5.91 Å². The third-order valence-corrected chi connectivity index (χ3v) is 3.81. The first-order valence-electron chi connectivity index (χ1n) is 7.68. The molecular weight excluding hydrogens is 307 g/mol. The number of alkyl halides is 3. The summed E-state index contributed by atoms with van der Waals surface area (Å²) >= 11 is 0. The first-order chi connectivity index (χ1) is 10.8. The summed E-state index contributed by atoms with van der Waals surface area (Å²) in [4.78, 5) is 12.4. The molecule has 128 valence electrons. The molecule has 1 fully saturated rings. The average molecular weight is 329 g/mol. The van der Waals surface area contributed by atoms with Crippen LogP contribution in [0.15, 0.2) is 24.3 Å².